The van der Waals surface area contributed by atoms with E-state index in [1.54, 1.807) is 6.92 Å². The van der Waals surface area contributed by atoms with Crippen molar-refractivity contribution in [2.45, 2.75) is 26.3 Å². The van der Waals surface area contributed by atoms with Crippen LogP contribution in [0.4, 0.5) is 5.82 Å². The lowest BCUT2D eigenvalue weighted by molar-refractivity contribution is -0.144. The quantitative estimate of drug-likeness (QED) is 0.486. The number of anilines is 1. The first kappa shape index (κ1) is 18.7. The zero-order chi connectivity index (χ0) is 18.4. The second-order valence-electron chi connectivity index (χ2n) is 5.73. The van der Waals surface area contributed by atoms with Crippen LogP contribution in [-0.2, 0) is 16.1 Å². The first-order valence-electron chi connectivity index (χ1n) is 8.08. The number of nitrogens with zero attached hydrogens (tertiary/aromatic N) is 5. The van der Waals surface area contributed by atoms with Gasteiger partial charge in [-0.25, -0.2) is 0 Å². The van der Waals surface area contributed by atoms with Crippen molar-refractivity contribution in [2.75, 3.05) is 39.6 Å². The minimum absolute atomic E-state index is 0.0608. The van der Waals surface area contributed by atoms with Gasteiger partial charge in [0, 0.05) is 0 Å². The number of aromatic hydroxyl groups is 1. The fourth-order valence-electron chi connectivity index (χ4n) is 2.22. The van der Waals surface area contributed by atoms with Crippen molar-refractivity contribution >= 4 is 23.0 Å². The molecule has 2 aromatic rings. The van der Waals surface area contributed by atoms with Gasteiger partial charge in [-0.1, -0.05) is 0 Å². The molecule has 0 bridgehead atoms. The summed E-state index contributed by atoms with van der Waals surface area (Å²) in [6, 6.07) is -0.320. The van der Waals surface area contributed by atoms with E-state index >= 15 is 0 Å². The fraction of sp³-hybridized carbons (Fsp3) is 0.600. The Morgan fingerprint density at radius 2 is 2.04 bits per heavy atom. The molecule has 10 heteroatoms. The average molecular weight is 352 g/mol. The molecule has 0 aliphatic carbocycles. The summed E-state index contributed by atoms with van der Waals surface area (Å²) in [5, 5.41) is 9.97. The lowest BCUT2D eigenvalue weighted by Gasteiger charge is -2.10. The largest absolute Gasteiger partial charge is 0.480 e. The number of nitrogens with two attached hydrogens (primary N) is 1. The van der Waals surface area contributed by atoms with Crippen molar-refractivity contribution in [2.24, 2.45) is 0 Å². The SMILES string of the molecule is CCOc1nc(N)c2nc(O)n(CC(=O)OCCCCN(C)C)c2n1. The van der Waals surface area contributed by atoms with Crippen LogP contribution >= 0.6 is 0 Å². The Labute approximate surface area is 145 Å². The summed E-state index contributed by atoms with van der Waals surface area (Å²) in [6.45, 7) is 3.17. The molecule has 0 aromatic carbocycles. The monoisotopic (exact) mass is 352 g/mol. The number of ether oxygens (including phenoxy) is 2. The van der Waals surface area contributed by atoms with E-state index in [0.717, 1.165) is 19.4 Å². The second kappa shape index (κ2) is 8.47. The highest BCUT2D eigenvalue weighted by atomic mass is 16.5. The van der Waals surface area contributed by atoms with Gasteiger partial charge in [0.05, 0.1) is 13.2 Å². The van der Waals surface area contributed by atoms with Crippen LogP contribution in [0.25, 0.3) is 11.2 Å². The highest BCUT2D eigenvalue weighted by molar-refractivity contribution is 5.84. The van der Waals surface area contributed by atoms with Gasteiger partial charge < -0.3 is 25.2 Å². The van der Waals surface area contributed by atoms with Gasteiger partial charge >= 0.3 is 12.0 Å². The number of rotatable bonds is 9. The molecule has 2 aromatic heterocycles. The molecule has 0 aliphatic heterocycles. The number of imidazole rings is 1. The van der Waals surface area contributed by atoms with Gasteiger partial charge in [0.25, 0.3) is 6.01 Å². The predicted molar refractivity (Wildman–Crippen MR) is 91.3 cm³/mol. The summed E-state index contributed by atoms with van der Waals surface area (Å²) in [4.78, 5) is 26.1. The molecule has 0 spiro atoms. The number of hydrogen-bond acceptors (Lipinski definition) is 9. The molecule has 0 fully saturated rings. The zero-order valence-corrected chi connectivity index (χ0v) is 14.7. The average Bonchev–Trinajstić information content (AvgIpc) is 2.84. The number of unbranched alkanes of at least 4 members (excludes halogenated alkanes) is 1. The van der Waals surface area contributed by atoms with E-state index < -0.39 is 5.97 Å². The van der Waals surface area contributed by atoms with Gasteiger partial charge in [0.15, 0.2) is 17.0 Å². The highest BCUT2D eigenvalue weighted by Gasteiger charge is 2.19. The molecule has 25 heavy (non-hydrogen) atoms. The normalized spacial score (nSPS) is 11.2. The summed E-state index contributed by atoms with van der Waals surface area (Å²) < 4.78 is 11.6. The molecule has 138 valence electrons. The summed E-state index contributed by atoms with van der Waals surface area (Å²) in [5.74, 6) is -0.422. The molecule has 10 nitrogen and oxygen atoms in total. The number of nitrogen functional groups attached to an aromatic ring is 1. The minimum Gasteiger partial charge on any atom is -0.480 e. The number of esters is 1. The Kier molecular flexibility index (Phi) is 6.34. The fourth-order valence-corrected chi connectivity index (χ4v) is 2.22. The van der Waals surface area contributed by atoms with E-state index in [1.165, 1.54) is 4.57 Å². The van der Waals surface area contributed by atoms with Crippen molar-refractivity contribution in [3.05, 3.63) is 0 Å². The van der Waals surface area contributed by atoms with Crippen molar-refractivity contribution in [1.82, 2.24) is 24.4 Å². The van der Waals surface area contributed by atoms with E-state index in [9.17, 15) is 9.90 Å². The van der Waals surface area contributed by atoms with Gasteiger partial charge in [0.1, 0.15) is 6.54 Å². The molecular formula is C15H24N6O4. The van der Waals surface area contributed by atoms with Crippen molar-refractivity contribution < 1.29 is 19.4 Å². The third kappa shape index (κ3) is 4.92. The van der Waals surface area contributed by atoms with Crippen LogP contribution in [0.15, 0.2) is 0 Å². The molecule has 0 radical (unpaired) electrons. The summed E-state index contributed by atoms with van der Waals surface area (Å²) >= 11 is 0. The smallest absolute Gasteiger partial charge is 0.326 e. The Balaban J connectivity index is 2.04. The van der Waals surface area contributed by atoms with E-state index in [1.807, 2.05) is 14.1 Å². The van der Waals surface area contributed by atoms with Crippen LogP contribution in [0.5, 0.6) is 12.0 Å². The molecule has 0 atom stereocenters. The van der Waals surface area contributed by atoms with E-state index in [2.05, 4.69) is 19.9 Å². The summed E-state index contributed by atoms with van der Waals surface area (Å²) in [6.07, 6.45) is 1.70. The van der Waals surface area contributed by atoms with E-state index in [4.69, 9.17) is 15.2 Å². The Morgan fingerprint density at radius 3 is 2.72 bits per heavy atom. The molecule has 2 heterocycles. The number of hydrogen-bond donors (Lipinski definition) is 2. The third-order valence-electron chi connectivity index (χ3n) is 3.40. The molecule has 0 saturated heterocycles. The lowest BCUT2D eigenvalue weighted by atomic mass is 10.3. The van der Waals surface area contributed by atoms with Crippen LogP contribution in [0.1, 0.15) is 19.8 Å². The van der Waals surface area contributed by atoms with Gasteiger partial charge in [0.2, 0.25) is 0 Å². The van der Waals surface area contributed by atoms with Gasteiger partial charge in [-0.15, -0.1) is 0 Å². The van der Waals surface area contributed by atoms with Gasteiger partial charge in [-0.2, -0.15) is 15.0 Å². The number of fused-ring (bicyclic) bond motifs is 1. The maximum Gasteiger partial charge on any atom is 0.326 e. The van der Waals surface area contributed by atoms with Crippen LogP contribution in [0.3, 0.4) is 0 Å². The van der Waals surface area contributed by atoms with E-state index in [0.29, 0.717) is 13.2 Å². The van der Waals surface area contributed by atoms with Crippen molar-refractivity contribution in [1.29, 1.82) is 0 Å². The molecule has 3 N–H and O–H groups in total. The lowest BCUT2D eigenvalue weighted by Crippen LogP contribution is -2.16. The highest BCUT2D eigenvalue weighted by Crippen LogP contribution is 2.24. The first-order valence-corrected chi connectivity index (χ1v) is 8.08. The molecule has 0 saturated carbocycles. The molecule has 0 aliphatic rings. The number of aromatic nitrogens is 4. The summed E-state index contributed by atoms with van der Waals surface area (Å²) in [7, 11) is 3.98. The third-order valence-corrected chi connectivity index (χ3v) is 3.40. The Morgan fingerprint density at radius 1 is 1.28 bits per heavy atom. The van der Waals surface area contributed by atoms with Crippen LogP contribution in [-0.4, -0.2) is 69.3 Å². The standard InChI is InChI=1S/C15H24N6O4/c1-4-24-14-18-12(16)11-13(19-14)21(15(23)17-11)9-10(22)25-8-6-5-7-20(2)3/h4-9H2,1-3H3,(H,17,23)(H2,16,18,19). The van der Waals surface area contributed by atoms with Crippen molar-refractivity contribution in [3.8, 4) is 12.0 Å². The maximum atomic E-state index is 12.0. The predicted octanol–water partition coefficient (Wildman–Crippen LogP) is 0.398. The second-order valence-corrected chi connectivity index (χ2v) is 5.73. The van der Waals surface area contributed by atoms with Crippen LogP contribution < -0.4 is 10.5 Å². The van der Waals surface area contributed by atoms with Crippen LogP contribution in [0, 0.1) is 0 Å². The number of carbonyl (C=O) groups excluding carboxylic acids is 1. The first-order chi connectivity index (χ1) is 11.9. The van der Waals surface area contributed by atoms with Crippen LogP contribution in [0.2, 0.25) is 0 Å². The minimum atomic E-state index is -0.491. The van der Waals surface area contributed by atoms with Crippen molar-refractivity contribution in [3.63, 3.8) is 0 Å². The maximum absolute atomic E-state index is 12.0. The summed E-state index contributed by atoms with van der Waals surface area (Å²) in [5.41, 5.74) is 6.23. The topological polar surface area (TPSA) is 129 Å². The van der Waals surface area contributed by atoms with Gasteiger partial charge in [-0.05, 0) is 40.4 Å². The number of carbonyl (C=O) groups is 1. The Hall–Kier alpha value is -2.62. The van der Waals surface area contributed by atoms with E-state index in [-0.39, 0.29) is 35.5 Å². The molecular weight excluding hydrogens is 328 g/mol. The molecule has 0 amide bonds. The molecule has 2 rings (SSSR count). The molecule has 0 unspecified atom stereocenters. The zero-order valence-electron chi connectivity index (χ0n) is 14.7. The van der Waals surface area contributed by atoms with Gasteiger partial charge in [-0.3, -0.25) is 9.36 Å². The Bertz CT molecular complexity index is 730.